The normalized spacial score (nSPS) is 18.4. The number of fused-ring (bicyclic) bond motifs is 1. The summed E-state index contributed by atoms with van der Waals surface area (Å²) in [5.74, 6) is 1.45. The summed E-state index contributed by atoms with van der Waals surface area (Å²) in [6, 6.07) is 13.4. The average Bonchev–Trinajstić information content (AvgIpc) is 3.24. The fourth-order valence-corrected chi connectivity index (χ4v) is 6.21. The third-order valence-electron chi connectivity index (χ3n) is 6.84. The van der Waals surface area contributed by atoms with E-state index in [4.69, 9.17) is 0 Å². The summed E-state index contributed by atoms with van der Waals surface area (Å²) in [4.78, 5) is 9.68. The predicted octanol–water partition coefficient (Wildman–Crippen LogP) is 4.75. The van der Waals surface area contributed by atoms with Crippen molar-refractivity contribution >= 4 is 26.9 Å². The Kier molecular flexibility index (Phi) is 6.53. The number of aryl methyl sites for hydroxylation is 4. The molecule has 2 N–H and O–H groups in total. The van der Waals surface area contributed by atoms with Gasteiger partial charge in [-0.2, -0.15) is 5.10 Å². The lowest BCUT2D eigenvalue weighted by molar-refractivity contribution is 0.387. The van der Waals surface area contributed by atoms with Crippen LogP contribution in [0.1, 0.15) is 48.2 Å². The Morgan fingerprint density at radius 3 is 2.22 bits per heavy atom. The number of hydrogen-bond donors (Lipinski definition) is 2. The van der Waals surface area contributed by atoms with Crippen LogP contribution < -0.4 is 10.0 Å². The van der Waals surface area contributed by atoms with Gasteiger partial charge in [0, 0.05) is 12.1 Å². The number of rotatable bonds is 6. The molecule has 5 rings (SSSR count). The van der Waals surface area contributed by atoms with Crippen LogP contribution in [0.5, 0.6) is 0 Å². The number of hydrogen-bond acceptors (Lipinski definition) is 6. The van der Waals surface area contributed by atoms with Crippen molar-refractivity contribution in [3.05, 3.63) is 71.2 Å². The molecular formula is C27H32N6O2S. The molecule has 36 heavy (non-hydrogen) atoms. The second-order valence-electron chi connectivity index (χ2n) is 9.83. The van der Waals surface area contributed by atoms with Crippen molar-refractivity contribution in [1.82, 2.24) is 24.5 Å². The van der Waals surface area contributed by atoms with Gasteiger partial charge >= 0.3 is 0 Å². The van der Waals surface area contributed by atoms with E-state index in [0.29, 0.717) is 10.7 Å². The van der Waals surface area contributed by atoms with Gasteiger partial charge in [0.05, 0.1) is 22.2 Å². The minimum atomic E-state index is -3.52. The Hall–Kier alpha value is -3.30. The third kappa shape index (κ3) is 4.99. The van der Waals surface area contributed by atoms with Gasteiger partial charge in [0.2, 0.25) is 10.0 Å². The summed E-state index contributed by atoms with van der Waals surface area (Å²) in [6.07, 6.45) is 5.03. The molecule has 2 heterocycles. The Morgan fingerprint density at radius 1 is 0.861 bits per heavy atom. The summed E-state index contributed by atoms with van der Waals surface area (Å²) in [5, 5.41) is 9.11. The van der Waals surface area contributed by atoms with E-state index >= 15 is 0 Å². The first-order valence-corrected chi connectivity index (χ1v) is 13.8. The number of nitrogens with one attached hydrogen (secondary N) is 2. The highest BCUT2D eigenvalue weighted by Gasteiger charge is 2.26. The largest absolute Gasteiger partial charge is 0.367 e. The standard InChI is InChI=1S/C27H32N6O2S/c1-17-5-12-23(13-6-17)36(34,35)32-22-10-8-21(9-11-22)31-26-24-16-28-33(27(24)30-20(4)29-26)25-14-7-18(2)15-19(25)3/h5-7,12-16,21-22,32H,8-11H2,1-4H3,(H,29,30,31). The molecule has 1 saturated carbocycles. The van der Waals surface area contributed by atoms with Gasteiger partial charge in [0.1, 0.15) is 11.6 Å². The minimum absolute atomic E-state index is 0.0752. The van der Waals surface area contributed by atoms with Gasteiger partial charge in [-0.05, 0) is 77.1 Å². The van der Waals surface area contributed by atoms with E-state index in [1.54, 1.807) is 12.1 Å². The van der Waals surface area contributed by atoms with Crippen LogP contribution in [0.15, 0.2) is 53.6 Å². The summed E-state index contributed by atoms with van der Waals surface area (Å²) in [5.41, 5.74) is 5.15. The van der Waals surface area contributed by atoms with E-state index in [1.807, 2.05) is 36.9 Å². The van der Waals surface area contributed by atoms with Gasteiger partial charge in [-0.25, -0.2) is 27.8 Å². The van der Waals surface area contributed by atoms with Crippen molar-refractivity contribution < 1.29 is 8.42 Å². The minimum Gasteiger partial charge on any atom is -0.367 e. The van der Waals surface area contributed by atoms with Gasteiger partial charge in [0.15, 0.2) is 5.65 Å². The van der Waals surface area contributed by atoms with Crippen molar-refractivity contribution in [2.45, 2.75) is 70.4 Å². The second kappa shape index (κ2) is 9.63. The van der Waals surface area contributed by atoms with E-state index in [9.17, 15) is 8.42 Å². The van der Waals surface area contributed by atoms with Gasteiger partial charge in [0.25, 0.3) is 0 Å². The molecule has 0 unspecified atom stereocenters. The van der Waals surface area contributed by atoms with Crippen LogP contribution in [0.3, 0.4) is 0 Å². The first-order valence-electron chi connectivity index (χ1n) is 12.3. The maximum absolute atomic E-state index is 12.8. The SMILES string of the molecule is Cc1ccc(S(=O)(=O)NC2CCC(Nc3nc(C)nc4c3cnn4-c3ccc(C)cc3C)CC2)cc1. The number of benzene rings is 2. The van der Waals surface area contributed by atoms with Gasteiger partial charge in [-0.1, -0.05) is 35.4 Å². The Bertz CT molecular complexity index is 1500. The van der Waals surface area contributed by atoms with Crippen molar-refractivity contribution in [3.8, 4) is 5.69 Å². The van der Waals surface area contributed by atoms with Crippen molar-refractivity contribution in [1.29, 1.82) is 0 Å². The lowest BCUT2D eigenvalue weighted by atomic mass is 9.92. The van der Waals surface area contributed by atoms with E-state index < -0.39 is 10.0 Å². The molecule has 0 spiro atoms. The van der Waals surface area contributed by atoms with Crippen LogP contribution in [0.25, 0.3) is 16.7 Å². The van der Waals surface area contributed by atoms with Crippen LogP contribution in [-0.2, 0) is 10.0 Å². The fraction of sp³-hybridized carbons (Fsp3) is 0.370. The summed E-state index contributed by atoms with van der Waals surface area (Å²) >= 11 is 0. The number of nitrogens with zero attached hydrogens (tertiary/aromatic N) is 4. The van der Waals surface area contributed by atoms with Gasteiger partial charge in [-0.3, -0.25) is 0 Å². The van der Waals surface area contributed by atoms with Crippen LogP contribution in [-0.4, -0.2) is 40.2 Å². The van der Waals surface area contributed by atoms with Crippen molar-refractivity contribution in [2.24, 2.45) is 0 Å². The second-order valence-corrected chi connectivity index (χ2v) is 11.5. The van der Waals surface area contributed by atoms with Crippen LogP contribution >= 0.6 is 0 Å². The highest BCUT2D eigenvalue weighted by atomic mass is 32.2. The van der Waals surface area contributed by atoms with Crippen LogP contribution in [0, 0.1) is 27.7 Å². The monoisotopic (exact) mass is 504 g/mol. The third-order valence-corrected chi connectivity index (χ3v) is 8.38. The zero-order chi connectivity index (χ0) is 25.4. The molecule has 2 aromatic carbocycles. The lowest BCUT2D eigenvalue weighted by Gasteiger charge is -2.30. The summed E-state index contributed by atoms with van der Waals surface area (Å²) in [7, 11) is -3.52. The fourth-order valence-electron chi connectivity index (χ4n) is 4.90. The number of anilines is 1. The molecule has 1 fully saturated rings. The topological polar surface area (TPSA) is 102 Å². The molecule has 0 aliphatic heterocycles. The maximum Gasteiger partial charge on any atom is 0.240 e. The molecule has 0 bridgehead atoms. The Morgan fingerprint density at radius 2 is 1.53 bits per heavy atom. The molecule has 1 aliphatic carbocycles. The van der Waals surface area contributed by atoms with E-state index in [2.05, 4.69) is 57.2 Å². The maximum atomic E-state index is 12.8. The molecule has 9 heteroatoms. The molecule has 188 valence electrons. The molecule has 8 nitrogen and oxygen atoms in total. The Labute approximate surface area is 212 Å². The average molecular weight is 505 g/mol. The molecule has 1 aliphatic rings. The van der Waals surface area contributed by atoms with Crippen molar-refractivity contribution in [2.75, 3.05) is 5.32 Å². The molecule has 0 saturated heterocycles. The lowest BCUT2D eigenvalue weighted by Crippen LogP contribution is -2.40. The Balaban J connectivity index is 1.29. The molecular weight excluding hydrogens is 472 g/mol. The van der Waals surface area contributed by atoms with Crippen LogP contribution in [0.4, 0.5) is 5.82 Å². The predicted molar refractivity (Wildman–Crippen MR) is 142 cm³/mol. The zero-order valence-corrected chi connectivity index (χ0v) is 21.9. The van der Waals surface area contributed by atoms with Gasteiger partial charge < -0.3 is 5.32 Å². The quantitative estimate of drug-likeness (QED) is 0.393. The highest BCUT2D eigenvalue weighted by molar-refractivity contribution is 7.89. The molecule has 0 atom stereocenters. The van der Waals surface area contributed by atoms with Crippen molar-refractivity contribution in [3.63, 3.8) is 0 Å². The van der Waals surface area contributed by atoms with E-state index in [0.717, 1.165) is 59.3 Å². The first kappa shape index (κ1) is 24.4. The van der Waals surface area contributed by atoms with E-state index in [-0.39, 0.29) is 12.1 Å². The molecule has 0 amide bonds. The zero-order valence-electron chi connectivity index (χ0n) is 21.1. The smallest absolute Gasteiger partial charge is 0.240 e. The summed E-state index contributed by atoms with van der Waals surface area (Å²) < 4.78 is 30.3. The van der Waals surface area contributed by atoms with Crippen LogP contribution in [0.2, 0.25) is 0 Å². The first-order chi connectivity index (χ1) is 17.2. The number of aromatic nitrogens is 4. The van der Waals surface area contributed by atoms with Gasteiger partial charge in [-0.15, -0.1) is 0 Å². The molecule has 2 aromatic heterocycles. The summed E-state index contributed by atoms with van der Waals surface area (Å²) in [6.45, 7) is 7.99. The van der Waals surface area contributed by atoms with E-state index in [1.165, 1.54) is 5.56 Å². The highest BCUT2D eigenvalue weighted by Crippen LogP contribution is 2.28. The molecule has 0 radical (unpaired) electrons. The molecule has 4 aromatic rings. The number of sulfonamides is 1.